The van der Waals surface area contributed by atoms with Gasteiger partial charge in [-0.05, 0) is 29.8 Å². The molecule has 7 heteroatoms. The monoisotopic (exact) mass is 372 g/mol. The van der Waals surface area contributed by atoms with Gasteiger partial charge in [-0.25, -0.2) is 4.79 Å². The lowest BCUT2D eigenvalue weighted by Gasteiger charge is -2.24. The van der Waals surface area contributed by atoms with E-state index >= 15 is 0 Å². The van der Waals surface area contributed by atoms with Crippen LogP contribution in [0.2, 0.25) is 5.02 Å². The molecule has 0 aliphatic carbocycles. The molecule has 1 atom stereocenters. The summed E-state index contributed by atoms with van der Waals surface area (Å²) in [5, 5.41) is 2.93. The summed E-state index contributed by atoms with van der Waals surface area (Å²) < 4.78 is 5.23. The number of benzene rings is 2. The molecule has 0 radical (unpaired) electrons. The number of anilines is 1. The highest BCUT2D eigenvalue weighted by Gasteiger charge is 2.31. The first-order valence-corrected chi connectivity index (χ1v) is 8.35. The third-order valence-corrected chi connectivity index (χ3v) is 4.39. The zero-order valence-corrected chi connectivity index (χ0v) is 15.0. The number of cyclic esters (lactones) is 1. The quantitative estimate of drug-likeness (QED) is 0.840. The minimum absolute atomic E-state index is 0.213. The Morgan fingerprint density at radius 3 is 2.65 bits per heavy atom. The second-order valence-electron chi connectivity index (χ2n) is 6.14. The van der Waals surface area contributed by atoms with Gasteiger partial charge in [0.2, 0.25) is 0 Å². The Labute approximate surface area is 155 Å². The fraction of sp³-hybridized carbons (Fsp3) is 0.211. The number of esters is 1. The van der Waals surface area contributed by atoms with E-state index in [1.165, 1.54) is 17.0 Å². The Morgan fingerprint density at radius 2 is 1.92 bits per heavy atom. The van der Waals surface area contributed by atoms with Crippen molar-refractivity contribution in [2.24, 2.45) is 0 Å². The van der Waals surface area contributed by atoms with Crippen LogP contribution in [-0.4, -0.2) is 42.9 Å². The SMILES string of the molecule is CN(C)C(=O)c1ccc(Cl)c(NC(=O)C2Cc3ccccc3C(=O)O2)c1. The number of amides is 2. The fourth-order valence-electron chi connectivity index (χ4n) is 2.70. The molecule has 0 bridgehead atoms. The van der Waals surface area contributed by atoms with Gasteiger partial charge >= 0.3 is 5.97 Å². The highest BCUT2D eigenvalue weighted by atomic mass is 35.5. The second kappa shape index (κ2) is 7.17. The molecule has 134 valence electrons. The van der Waals surface area contributed by atoms with Crippen molar-refractivity contribution in [3.8, 4) is 0 Å². The van der Waals surface area contributed by atoms with Gasteiger partial charge in [-0.15, -0.1) is 0 Å². The van der Waals surface area contributed by atoms with Crippen molar-refractivity contribution in [1.82, 2.24) is 4.90 Å². The van der Waals surface area contributed by atoms with Gasteiger partial charge in [-0.3, -0.25) is 9.59 Å². The predicted octanol–water partition coefficient (Wildman–Crippen LogP) is 2.76. The summed E-state index contributed by atoms with van der Waals surface area (Å²) in [6.45, 7) is 0. The van der Waals surface area contributed by atoms with E-state index in [1.807, 2.05) is 0 Å². The largest absolute Gasteiger partial charge is 0.448 e. The van der Waals surface area contributed by atoms with Crippen LogP contribution in [-0.2, 0) is 16.0 Å². The van der Waals surface area contributed by atoms with E-state index in [9.17, 15) is 14.4 Å². The van der Waals surface area contributed by atoms with Crippen LogP contribution >= 0.6 is 11.6 Å². The minimum atomic E-state index is -0.957. The van der Waals surface area contributed by atoms with Crippen molar-refractivity contribution < 1.29 is 19.1 Å². The summed E-state index contributed by atoms with van der Waals surface area (Å²) in [5.74, 6) is -1.24. The number of ether oxygens (including phenoxy) is 1. The molecule has 1 N–H and O–H groups in total. The fourth-order valence-corrected chi connectivity index (χ4v) is 2.87. The summed E-state index contributed by atoms with van der Waals surface area (Å²) in [5.41, 5.74) is 1.90. The molecule has 2 aromatic carbocycles. The van der Waals surface area contributed by atoms with Gasteiger partial charge in [0, 0.05) is 26.1 Å². The van der Waals surface area contributed by atoms with Crippen molar-refractivity contribution in [3.05, 3.63) is 64.2 Å². The van der Waals surface area contributed by atoms with E-state index in [0.717, 1.165) is 5.56 Å². The number of carbonyl (C=O) groups is 3. The average molecular weight is 373 g/mol. The smallest absolute Gasteiger partial charge is 0.339 e. The van der Waals surface area contributed by atoms with Gasteiger partial charge in [-0.2, -0.15) is 0 Å². The molecule has 1 aliphatic heterocycles. The highest BCUT2D eigenvalue weighted by Crippen LogP contribution is 2.26. The Balaban J connectivity index is 1.80. The van der Waals surface area contributed by atoms with E-state index in [2.05, 4.69) is 5.32 Å². The summed E-state index contributed by atoms with van der Waals surface area (Å²) in [7, 11) is 3.27. The molecular weight excluding hydrogens is 356 g/mol. The maximum Gasteiger partial charge on any atom is 0.339 e. The number of hydrogen-bond donors (Lipinski definition) is 1. The molecule has 2 aromatic rings. The van der Waals surface area contributed by atoms with Gasteiger partial charge in [0.05, 0.1) is 16.3 Å². The van der Waals surface area contributed by atoms with Crippen molar-refractivity contribution in [2.75, 3.05) is 19.4 Å². The number of halogens is 1. The first-order valence-electron chi connectivity index (χ1n) is 7.98. The lowest BCUT2D eigenvalue weighted by atomic mass is 9.98. The molecule has 0 spiro atoms. The normalized spacial score (nSPS) is 15.7. The van der Waals surface area contributed by atoms with Gasteiger partial charge in [0.1, 0.15) is 0 Å². The maximum atomic E-state index is 12.5. The highest BCUT2D eigenvalue weighted by molar-refractivity contribution is 6.34. The van der Waals surface area contributed by atoms with Gasteiger partial charge in [0.15, 0.2) is 6.10 Å². The van der Waals surface area contributed by atoms with Crippen LogP contribution in [0.25, 0.3) is 0 Å². The van der Waals surface area contributed by atoms with E-state index in [1.54, 1.807) is 44.4 Å². The number of rotatable bonds is 3. The molecule has 26 heavy (non-hydrogen) atoms. The lowest BCUT2D eigenvalue weighted by Crippen LogP contribution is -2.38. The number of nitrogens with one attached hydrogen (secondary N) is 1. The number of hydrogen-bond acceptors (Lipinski definition) is 4. The summed E-state index contributed by atoms with van der Waals surface area (Å²) in [6.07, 6.45) is -0.677. The van der Waals surface area contributed by atoms with Crippen molar-refractivity contribution in [2.45, 2.75) is 12.5 Å². The van der Waals surface area contributed by atoms with Gasteiger partial charge < -0.3 is 15.0 Å². The first-order chi connectivity index (χ1) is 12.4. The summed E-state index contributed by atoms with van der Waals surface area (Å²) in [6, 6.07) is 11.6. The number of fused-ring (bicyclic) bond motifs is 1. The Kier molecular flexibility index (Phi) is 4.95. The zero-order chi connectivity index (χ0) is 18.8. The van der Waals surface area contributed by atoms with Crippen LogP contribution < -0.4 is 5.32 Å². The molecule has 3 rings (SSSR count). The Bertz CT molecular complexity index is 895. The average Bonchev–Trinajstić information content (AvgIpc) is 2.62. The molecule has 0 saturated heterocycles. The van der Waals surface area contributed by atoms with Crippen LogP contribution in [0.5, 0.6) is 0 Å². The molecule has 1 unspecified atom stereocenters. The zero-order valence-electron chi connectivity index (χ0n) is 14.3. The van der Waals surface area contributed by atoms with Crippen molar-refractivity contribution >= 4 is 35.1 Å². The number of nitrogens with zero attached hydrogens (tertiary/aromatic N) is 1. The van der Waals surface area contributed by atoms with E-state index in [0.29, 0.717) is 16.8 Å². The third kappa shape index (κ3) is 3.55. The van der Waals surface area contributed by atoms with Crippen LogP contribution in [0.1, 0.15) is 26.3 Å². The molecular formula is C19H17ClN2O4. The molecule has 6 nitrogen and oxygen atoms in total. The van der Waals surface area contributed by atoms with E-state index in [-0.39, 0.29) is 17.4 Å². The molecule has 2 amide bonds. The van der Waals surface area contributed by atoms with Crippen LogP contribution in [0.3, 0.4) is 0 Å². The molecule has 0 fully saturated rings. The lowest BCUT2D eigenvalue weighted by molar-refractivity contribution is -0.125. The summed E-state index contributed by atoms with van der Waals surface area (Å²) in [4.78, 5) is 38.1. The van der Waals surface area contributed by atoms with Crippen molar-refractivity contribution in [1.29, 1.82) is 0 Å². The molecule has 0 saturated carbocycles. The van der Waals surface area contributed by atoms with Crippen LogP contribution in [0.4, 0.5) is 5.69 Å². The topological polar surface area (TPSA) is 75.7 Å². The molecule has 0 aromatic heterocycles. The first kappa shape index (κ1) is 17.9. The third-order valence-electron chi connectivity index (χ3n) is 4.06. The second-order valence-corrected chi connectivity index (χ2v) is 6.55. The van der Waals surface area contributed by atoms with E-state index in [4.69, 9.17) is 16.3 Å². The maximum absolute atomic E-state index is 12.5. The molecule has 1 aliphatic rings. The van der Waals surface area contributed by atoms with Gasteiger partial charge in [-0.1, -0.05) is 29.8 Å². The molecule has 1 heterocycles. The number of carbonyl (C=O) groups excluding carboxylic acids is 3. The minimum Gasteiger partial charge on any atom is -0.448 e. The van der Waals surface area contributed by atoms with Gasteiger partial charge in [0.25, 0.3) is 11.8 Å². The standard InChI is InChI=1S/C19H17ClN2O4/c1-22(2)18(24)12-7-8-14(20)15(9-12)21-17(23)16-10-11-5-3-4-6-13(11)19(25)26-16/h3-9,16H,10H2,1-2H3,(H,21,23). The predicted molar refractivity (Wildman–Crippen MR) is 97.4 cm³/mol. The van der Waals surface area contributed by atoms with Crippen molar-refractivity contribution in [3.63, 3.8) is 0 Å². The van der Waals surface area contributed by atoms with Crippen LogP contribution in [0, 0.1) is 0 Å². The van der Waals surface area contributed by atoms with E-state index < -0.39 is 18.0 Å². The summed E-state index contributed by atoms with van der Waals surface area (Å²) >= 11 is 6.13. The Morgan fingerprint density at radius 1 is 1.19 bits per heavy atom. The Hall–Kier alpha value is -2.86. The van der Waals surface area contributed by atoms with Crippen LogP contribution in [0.15, 0.2) is 42.5 Å².